The van der Waals surface area contributed by atoms with Crippen molar-refractivity contribution in [2.75, 3.05) is 20.7 Å². The highest BCUT2D eigenvalue weighted by atomic mass is 16.5. The van der Waals surface area contributed by atoms with E-state index in [0.717, 1.165) is 0 Å². The summed E-state index contributed by atoms with van der Waals surface area (Å²) in [4.78, 5) is 10.6. The average Bonchev–Trinajstić information content (AvgIpc) is 1.98. The highest BCUT2D eigenvalue weighted by Gasteiger charge is 2.32. The third-order valence-electron chi connectivity index (χ3n) is 2.47. The second-order valence-electron chi connectivity index (χ2n) is 3.92. The fourth-order valence-corrected chi connectivity index (χ4v) is 1.61. The summed E-state index contributed by atoms with van der Waals surface area (Å²) in [6.07, 6.45) is 4.62. The van der Waals surface area contributed by atoms with Gasteiger partial charge < -0.3 is 4.74 Å². The van der Waals surface area contributed by atoms with Crippen LogP contribution in [0.25, 0.3) is 0 Å². The molecule has 2 unspecified atom stereocenters. The first-order chi connectivity index (χ1) is 6.09. The molecule has 1 rings (SSSR count). The van der Waals surface area contributed by atoms with E-state index in [1.54, 1.807) is 0 Å². The summed E-state index contributed by atoms with van der Waals surface area (Å²) in [6.45, 7) is 2.05. The van der Waals surface area contributed by atoms with Crippen molar-refractivity contribution in [2.24, 2.45) is 11.8 Å². The molecule has 3 heteroatoms. The van der Waals surface area contributed by atoms with Gasteiger partial charge in [0.25, 0.3) is 0 Å². The van der Waals surface area contributed by atoms with Crippen LogP contribution in [0.1, 0.15) is 19.8 Å². The van der Waals surface area contributed by atoms with Gasteiger partial charge in [0, 0.05) is 18.8 Å². The van der Waals surface area contributed by atoms with Crippen molar-refractivity contribution in [1.29, 1.82) is 0 Å². The second kappa shape index (κ2) is 4.40. The van der Waals surface area contributed by atoms with Crippen LogP contribution in [0.2, 0.25) is 0 Å². The van der Waals surface area contributed by atoms with Crippen LogP contribution in [0, 0.1) is 11.8 Å². The molecule has 13 heavy (non-hydrogen) atoms. The Morgan fingerprint density at radius 3 is 2.62 bits per heavy atom. The van der Waals surface area contributed by atoms with E-state index in [2.05, 4.69) is 10.8 Å². The molecule has 0 aromatic heterocycles. The van der Waals surface area contributed by atoms with Crippen molar-refractivity contribution in [3.8, 4) is 0 Å². The van der Waals surface area contributed by atoms with E-state index in [0.29, 0.717) is 18.4 Å². The van der Waals surface area contributed by atoms with E-state index in [1.165, 1.54) is 19.8 Å². The zero-order valence-corrected chi connectivity index (χ0v) is 8.62. The predicted octanol–water partition coefficient (Wildman–Crippen LogP) is 0.919. The SMILES string of the molecule is CC(=O)OCC1CCC1C=[N+](C)C. The molecule has 74 valence electrons. The van der Waals surface area contributed by atoms with Gasteiger partial charge in [-0.25, -0.2) is 4.58 Å². The minimum atomic E-state index is -0.171. The zero-order valence-electron chi connectivity index (χ0n) is 8.62. The topological polar surface area (TPSA) is 29.3 Å². The third-order valence-corrected chi connectivity index (χ3v) is 2.47. The number of rotatable bonds is 3. The lowest BCUT2D eigenvalue weighted by Crippen LogP contribution is -2.33. The molecule has 1 aliphatic carbocycles. The van der Waals surface area contributed by atoms with Gasteiger partial charge in [0.15, 0.2) is 0 Å². The lowest BCUT2D eigenvalue weighted by atomic mass is 9.75. The van der Waals surface area contributed by atoms with E-state index >= 15 is 0 Å². The summed E-state index contributed by atoms with van der Waals surface area (Å²) in [5, 5.41) is 0. The fraction of sp³-hybridized carbons (Fsp3) is 0.800. The Hall–Kier alpha value is -0.860. The molecule has 0 spiro atoms. The van der Waals surface area contributed by atoms with Crippen LogP contribution in [0.4, 0.5) is 0 Å². The number of nitrogens with zero attached hydrogens (tertiary/aromatic N) is 1. The summed E-state index contributed by atoms with van der Waals surface area (Å²) in [7, 11) is 4.06. The molecule has 1 fully saturated rings. The number of ether oxygens (including phenoxy) is 1. The lowest BCUT2D eigenvalue weighted by Gasteiger charge is -2.31. The molecule has 0 saturated heterocycles. The van der Waals surface area contributed by atoms with E-state index < -0.39 is 0 Å². The molecule has 0 radical (unpaired) electrons. The van der Waals surface area contributed by atoms with Gasteiger partial charge in [0.05, 0.1) is 6.61 Å². The van der Waals surface area contributed by atoms with Crippen LogP contribution >= 0.6 is 0 Å². The Bertz CT molecular complexity index is 219. The van der Waals surface area contributed by atoms with Crippen molar-refractivity contribution in [3.63, 3.8) is 0 Å². The normalized spacial score (nSPS) is 26.1. The number of esters is 1. The highest BCUT2D eigenvalue weighted by molar-refractivity contribution is 5.66. The van der Waals surface area contributed by atoms with Crippen LogP contribution in [0.15, 0.2) is 0 Å². The zero-order chi connectivity index (χ0) is 9.84. The monoisotopic (exact) mass is 184 g/mol. The average molecular weight is 184 g/mol. The van der Waals surface area contributed by atoms with Crippen LogP contribution in [-0.4, -0.2) is 37.5 Å². The van der Waals surface area contributed by atoms with Crippen molar-refractivity contribution >= 4 is 12.2 Å². The quantitative estimate of drug-likeness (QED) is 0.371. The van der Waals surface area contributed by atoms with Gasteiger partial charge in [-0.3, -0.25) is 4.79 Å². The van der Waals surface area contributed by atoms with Gasteiger partial charge in [0.2, 0.25) is 0 Å². The Balaban J connectivity index is 2.29. The highest BCUT2D eigenvalue weighted by Crippen LogP contribution is 2.32. The Morgan fingerprint density at radius 1 is 1.54 bits per heavy atom. The summed E-state index contributed by atoms with van der Waals surface area (Å²) in [5.41, 5.74) is 0. The molecule has 1 aliphatic rings. The van der Waals surface area contributed by atoms with Gasteiger partial charge in [-0.15, -0.1) is 0 Å². The molecule has 1 saturated carbocycles. The van der Waals surface area contributed by atoms with E-state index in [1.807, 2.05) is 14.1 Å². The van der Waals surface area contributed by atoms with Gasteiger partial charge in [-0.2, -0.15) is 0 Å². The maximum absolute atomic E-state index is 10.6. The predicted molar refractivity (Wildman–Crippen MR) is 51.0 cm³/mol. The smallest absolute Gasteiger partial charge is 0.302 e. The molecule has 3 nitrogen and oxygen atoms in total. The summed E-state index contributed by atoms with van der Waals surface area (Å²) < 4.78 is 7.05. The van der Waals surface area contributed by atoms with Crippen molar-refractivity contribution < 1.29 is 14.1 Å². The van der Waals surface area contributed by atoms with Gasteiger partial charge in [-0.1, -0.05) is 0 Å². The number of hydrogen-bond acceptors (Lipinski definition) is 2. The molecule has 0 aliphatic heterocycles. The first-order valence-corrected chi connectivity index (χ1v) is 4.74. The minimum Gasteiger partial charge on any atom is -0.466 e. The molecule has 0 aromatic rings. The Kier molecular flexibility index (Phi) is 3.46. The molecule has 2 atom stereocenters. The summed E-state index contributed by atoms with van der Waals surface area (Å²) in [5.74, 6) is 0.983. The molecular formula is C10H18NO2+. The van der Waals surface area contributed by atoms with E-state index in [4.69, 9.17) is 4.74 Å². The number of carbonyl (C=O) groups is 1. The Labute approximate surface area is 79.4 Å². The largest absolute Gasteiger partial charge is 0.466 e. The first-order valence-electron chi connectivity index (χ1n) is 4.74. The number of carbonyl (C=O) groups excluding carboxylic acids is 1. The standard InChI is InChI=1S/C10H18NO2/c1-8(12)13-7-10-5-4-9(10)6-11(2)3/h6,9-10H,4-5,7H2,1-3H3/q+1. The van der Waals surface area contributed by atoms with Crippen molar-refractivity contribution in [1.82, 2.24) is 0 Å². The molecule has 0 N–H and O–H groups in total. The minimum absolute atomic E-state index is 0.171. The summed E-state index contributed by atoms with van der Waals surface area (Å²) >= 11 is 0. The molecule has 0 amide bonds. The van der Waals surface area contributed by atoms with Gasteiger partial charge in [-0.05, 0) is 12.8 Å². The summed E-state index contributed by atoms with van der Waals surface area (Å²) in [6, 6.07) is 0. The van der Waals surface area contributed by atoms with Crippen molar-refractivity contribution in [2.45, 2.75) is 19.8 Å². The maximum atomic E-state index is 10.6. The van der Waals surface area contributed by atoms with Crippen LogP contribution in [-0.2, 0) is 9.53 Å². The van der Waals surface area contributed by atoms with Gasteiger partial charge in [0.1, 0.15) is 20.3 Å². The third kappa shape index (κ3) is 3.17. The van der Waals surface area contributed by atoms with Crippen LogP contribution in [0.3, 0.4) is 0 Å². The fourth-order valence-electron chi connectivity index (χ4n) is 1.61. The van der Waals surface area contributed by atoms with E-state index in [9.17, 15) is 4.79 Å². The van der Waals surface area contributed by atoms with E-state index in [-0.39, 0.29) is 5.97 Å². The van der Waals surface area contributed by atoms with Crippen LogP contribution < -0.4 is 0 Å². The van der Waals surface area contributed by atoms with Crippen LogP contribution in [0.5, 0.6) is 0 Å². The number of hydrogen-bond donors (Lipinski definition) is 0. The maximum Gasteiger partial charge on any atom is 0.302 e. The molecular weight excluding hydrogens is 166 g/mol. The van der Waals surface area contributed by atoms with Crippen molar-refractivity contribution in [3.05, 3.63) is 0 Å². The molecule has 0 heterocycles. The first kappa shape index (κ1) is 10.2. The second-order valence-corrected chi connectivity index (χ2v) is 3.92. The lowest BCUT2D eigenvalue weighted by molar-refractivity contribution is -0.462. The van der Waals surface area contributed by atoms with Gasteiger partial charge >= 0.3 is 5.97 Å². The molecule has 0 bridgehead atoms. The molecule has 0 aromatic carbocycles. The Morgan fingerprint density at radius 2 is 2.23 bits per heavy atom.